The SMILES string of the molecule is C=C(C)CC(=O)c1ccc(CCN)cc1. The summed E-state index contributed by atoms with van der Waals surface area (Å²) in [7, 11) is 0. The molecule has 0 atom stereocenters. The third kappa shape index (κ3) is 3.68. The van der Waals surface area contributed by atoms with Gasteiger partial charge >= 0.3 is 0 Å². The van der Waals surface area contributed by atoms with Crippen LogP contribution in [-0.2, 0) is 6.42 Å². The van der Waals surface area contributed by atoms with Crippen LogP contribution in [0.4, 0.5) is 0 Å². The van der Waals surface area contributed by atoms with Crippen LogP contribution in [0.1, 0.15) is 29.3 Å². The van der Waals surface area contributed by atoms with Crippen LogP contribution in [0.25, 0.3) is 0 Å². The van der Waals surface area contributed by atoms with E-state index in [-0.39, 0.29) is 5.78 Å². The first-order valence-electron chi connectivity index (χ1n) is 5.10. The van der Waals surface area contributed by atoms with Gasteiger partial charge < -0.3 is 5.73 Å². The number of hydrogen-bond acceptors (Lipinski definition) is 2. The zero-order valence-electron chi connectivity index (χ0n) is 9.12. The summed E-state index contributed by atoms with van der Waals surface area (Å²) in [4.78, 5) is 11.6. The molecule has 1 aromatic carbocycles. The maximum atomic E-state index is 11.6. The smallest absolute Gasteiger partial charge is 0.166 e. The van der Waals surface area contributed by atoms with Crippen molar-refractivity contribution in [3.05, 3.63) is 47.5 Å². The molecule has 2 N–H and O–H groups in total. The largest absolute Gasteiger partial charge is 0.330 e. The van der Waals surface area contributed by atoms with Crippen molar-refractivity contribution in [2.45, 2.75) is 19.8 Å². The number of rotatable bonds is 5. The van der Waals surface area contributed by atoms with Gasteiger partial charge in [-0.3, -0.25) is 4.79 Å². The van der Waals surface area contributed by atoms with Gasteiger partial charge in [0, 0.05) is 12.0 Å². The lowest BCUT2D eigenvalue weighted by Gasteiger charge is -2.02. The van der Waals surface area contributed by atoms with E-state index in [0.29, 0.717) is 13.0 Å². The Labute approximate surface area is 90.8 Å². The van der Waals surface area contributed by atoms with Gasteiger partial charge in [-0.05, 0) is 25.5 Å². The van der Waals surface area contributed by atoms with Gasteiger partial charge in [-0.2, -0.15) is 0 Å². The number of hydrogen-bond donors (Lipinski definition) is 1. The Balaban J connectivity index is 2.71. The van der Waals surface area contributed by atoms with Crippen molar-refractivity contribution >= 4 is 5.78 Å². The molecule has 0 radical (unpaired) electrons. The molecule has 2 heteroatoms. The van der Waals surface area contributed by atoms with Crippen molar-refractivity contribution < 1.29 is 4.79 Å². The summed E-state index contributed by atoms with van der Waals surface area (Å²) < 4.78 is 0. The van der Waals surface area contributed by atoms with Crippen LogP contribution in [0.2, 0.25) is 0 Å². The van der Waals surface area contributed by atoms with Gasteiger partial charge in [0.1, 0.15) is 0 Å². The highest BCUT2D eigenvalue weighted by Gasteiger charge is 2.05. The molecule has 2 nitrogen and oxygen atoms in total. The zero-order chi connectivity index (χ0) is 11.3. The molecule has 0 fully saturated rings. The average molecular weight is 203 g/mol. The van der Waals surface area contributed by atoms with E-state index in [0.717, 1.165) is 17.6 Å². The van der Waals surface area contributed by atoms with E-state index < -0.39 is 0 Å². The van der Waals surface area contributed by atoms with E-state index in [1.807, 2.05) is 31.2 Å². The van der Waals surface area contributed by atoms with Crippen LogP contribution >= 0.6 is 0 Å². The van der Waals surface area contributed by atoms with E-state index in [2.05, 4.69) is 6.58 Å². The summed E-state index contributed by atoms with van der Waals surface area (Å²) >= 11 is 0. The van der Waals surface area contributed by atoms with Crippen LogP contribution in [-0.4, -0.2) is 12.3 Å². The van der Waals surface area contributed by atoms with Gasteiger partial charge in [0.2, 0.25) is 0 Å². The molecule has 15 heavy (non-hydrogen) atoms. The lowest BCUT2D eigenvalue weighted by Crippen LogP contribution is -2.03. The van der Waals surface area contributed by atoms with Crippen LogP contribution in [0, 0.1) is 0 Å². The van der Waals surface area contributed by atoms with Gasteiger partial charge in [0.15, 0.2) is 5.78 Å². The van der Waals surface area contributed by atoms with E-state index in [1.165, 1.54) is 5.56 Å². The summed E-state index contributed by atoms with van der Waals surface area (Å²) in [5.41, 5.74) is 8.26. The van der Waals surface area contributed by atoms with Crippen LogP contribution in [0.5, 0.6) is 0 Å². The Bertz CT molecular complexity index is 351. The number of carbonyl (C=O) groups is 1. The van der Waals surface area contributed by atoms with Crippen molar-refractivity contribution in [1.82, 2.24) is 0 Å². The van der Waals surface area contributed by atoms with Gasteiger partial charge in [-0.1, -0.05) is 36.4 Å². The lowest BCUT2D eigenvalue weighted by atomic mass is 10.0. The van der Waals surface area contributed by atoms with Crippen molar-refractivity contribution in [2.24, 2.45) is 5.73 Å². The highest BCUT2D eigenvalue weighted by atomic mass is 16.1. The zero-order valence-corrected chi connectivity index (χ0v) is 9.12. The number of carbonyl (C=O) groups excluding carboxylic acids is 1. The molecule has 0 amide bonds. The fourth-order valence-electron chi connectivity index (χ4n) is 1.40. The van der Waals surface area contributed by atoms with E-state index in [1.54, 1.807) is 0 Å². The first-order valence-corrected chi connectivity index (χ1v) is 5.10. The van der Waals surface area contributed by atoms with Gasteiger partial charge in [-0.15, -0.1) is 0 Å². The lowest BCUT2D eigenvalue weighted by molar-refractivity contribution is 0.0993. The van der Waals surface area contributed by atoms with E-state index >= 15 is 0 Å². The maximum Gasteiger partial charge on any atom is 0.166 e. The van der Waals surface area contributed by atoms with Crippen LogP contribution < -0.4 is 5.73 Å². The Morgan fingerprint density at radius 2 is 1.93 bits per heavy atom. The molecule has 0 heterocycles. The summed E-state index contributed by atoms with van der Waals surface area (Å²) in [6.45, 7) is 6.23. The first kappa shape index (κ1) is 11.7. The van der Waals surface area contributed by atoms with E-state index in [4.69, 9.17) is 5.73 Å². The number of Topliss-reactive ketones (excluding diaryl/α,β-unsaturated/α-hetero) is 1. The van der Waals surface area contributed by atoms with Crippen LogP contribution in [0.15, 0.2) is 36.4 Å². The van der Waals surface area contributed by atoms with Crippen molar-refractivity contribution in [3.63, 3.8) is 0 Å². The second kappa shape index (κ2) is 5.47. The monoisotopic (exact) mass is 203 g/mol. The molecule has 80 valence electrons. The molecule has 0 unspecified atom stereocenters. The number of ketones is 1. The number of nitrogens with two attached hydrogens (primary N) is 1. The second-order valence-electron chi connectivity index (χ2n) is 3.79. The van der Waals surface area contributed by atoms with Crippen molar-refractivity contribution in [2.75, 3.05) is 6.54 Å². The molecular weight excluding hydrogens is 186 g/mol. The maximum absolute atomic E-state index is 11.6. The molecule has 1 aromatic rings. The van der Waals surface area contributed by atoms with Gasteiger partial charge in [0.25, 0.3) is 0 Å². The minimum atomic E-state index is 0.127. The minimum Gasteiger partial charge on any atom is -0.330 e. The molecule has 0 saturated carbocycles. The third-order valence-corrected chi connectivity index (χ3v) is 2.17. The molecule has 0 aliphatic heterocycles. The fraction of sp³-hybridized carbons (Fsp3) is 0.308. The fourth-order valence-corrected chi connectivity index (χ4v) is 1.40. The molecule has 1 rings (SSSR count). The minimum absolute atomic E-state index is 0.127. The quantitative estimate of drug-likeness (QED) is 0.589. The summed E-state index contributed by atoms with van der Waals surface area (Å²) in [5, 5.41) is 0. The summed E-state index contributed by atoms with van der Waals surface area (Å²) in [5.74, 6) is 0.127. The standard InChI is InChI=1S/C13H17NO/c1-10(2)9-13(15)12-5-3-11(4-6-12)7-8-14/h3-6H,1,7-9,14H2,2H3. The van der Waals surface area contributed by atoms with Crippen molar-refractivity contribution in [1.29, 1.82) is 0 Å². The van der Waals surface area contributed by atoms with Gasteiger partial charge in [-0.25, -0.2) is 0 Å². The highest BCUT2D eigenvalue weighted by Crippen LogP contribution is 2.09. The summed E-state index contributed by atoms with van der Waals surface area (Å²) in [6.07, 6.45) is 1.28. The second-order valence-corrected chi connectivity index (χ2v) is 3.79. The van der Waals surface area contributed by atoms with E-state index in [9.17, 15) is 4.79 Å². The number of benzene rings is 1. The predicted octanol–water partition coefficient (Wildman–Crippen LogP) is 2.34. The molecular formula is C13H17NO. The van der Waals surface area contributed by atoms with Crippen LogP contribution in [0.3, 0.4) is 0 Å². The Morgan fingerprint density at radius 3 is 2.40 bits per heavy atom. The molecule has 0 aliphatic rings. The Hall–Kier alpha value is -1.41. The highest BCUT2D eigenvalue weighted by molar-refractivity contribution is 5.97. The van der Waals surface area contributed by atoms with Gasteiger partial charge in [0.05, 0.1) is 0 Å². The van der Waals surface area contributed by atoms with Crippen molar-refractivity contribution in [3.8, 4) is 0 Å². The Morgan fingerprint density at radius 1 is 1.33 bits per heavy atom. The topological polar surface area (TPSA) is 43.1 Å². The number of allylic oxidation sites excluding steroid dienone is 1. The molecule has 0 spiro atoms. The summed E-state index contributed by atoms with van der Waals surface area (Å²) in [6, 6.07) is 7.63. The normalized spacial score (nSPS) is 10.0. The molecule has 0 aromatic heterocycles. The molecule has 0 bridgehead atoms. The average Bonchev–Trinajstić information content (AvgIpc) is 2.18. The Kier molecular flexibility index (Phi) is 4.25. The molecule has 0 aliphatic carbocycles. The third-order valence-electron chi connectivity index (χ3n) is 2.17. The predicted molar refractivity (Wildman–Crippen MR) is 63.0 cm³/mol. The first-order chi connectivity index (χ1) is 7.13. The molecule has 0 saturated heterocycles.